The van der Waals surface area contributed by atoms with E-state index >= 15 is 0 Å². The van der Waals surface area contributed by atoms with Gasteiger partial charge in [-0.15, -0.1) is 0 Å². The van der Waals surface area contributed by atoms with E-state index in [2.05, 4.69) is 6.07 Å². The normalized spacial score (nSPS) is 12.4. The molecule has 0 aromatic heterocycles. The second-order valence-electron chi connectivity index (χ2n) is 5.78. The molecule has 0 radical (unpaired) electrons. The van der Waals surface area contributed by atoms with Gasteiger partial charge in [-0.05, 0) is 38.1 Å². The van der Waals surface area contributed by atoms with Gasteiger partial charge in [0.05, 0.1) is 20.2 Å². The molecule has 1 rings (SSSR count). The SMILES string of the molecule is COc1ccc(C[NH+](C)CC(=O)N(C)C(C)(C)C#N)cc1. The Kier molecular flexibility index (Phi) is 5.74. The molecule has 1 unspecified atom stereocenters. The summed E-state index contributed by atoms with van der Waals surface area (Å²) in [4.78, 5) is 14.8. The molecule has 1 amide bonds. The molecule has 0 aliphatic carbocycles. The molecule has 114 valence electrons. The zero-order chi connectivity index (χ0) is 16.0. The number of nitriles is 1. The van der Waals surface area contributed by atoms with Crippen LogP contribution >= 0.6 is 0 Å². The number of hydrogen-bond acceptors (Lipinski definition) is 3. The van der Waals surface area contributed by atoms with Crippen LogP contribution < -0.4 is 9.64 Å². The fourth-order valence-corrected chi connectivity index (χ4v) is 1.92. The number of benzene rings is 1. The Morgan fingerprint density at radius 1 is 1.38 bits per heavy atom. The quantitative estimate of drug-likeness (QED) is 0.828. The minimum Gasteiger partial charge on any atom is -0.497 e. The number of methoxy groups -OCH3 is 1. The smallest absolute Gasteiger partial charge is 0.278 e. The van der Waals surface area contributed by atoms with Crippen LogP contribution in [0.3, 0.4) is 0 Å². The van der Waals surface area contributed by atoms with Crippen molar-refractivity contribution in [1.29, 1.82) is 5.26 Å². The average molecular weight is 290 g/mol. The fraction of sp³-hybridized carbons (Fsp3) is 0.500. The molecular weight excluding hydrogens is 266 g/mol. The van der Waals surface area contributed by atoms with Crippen molar-refractivity contribution in [3.05, 3.63) is 29.8 Å². The Labute approximate surface area is 126 Å². The molecule has 0 aliphatic heterocycles. The molecule has 0 saturated heterocycles. The topological polar surface area (TPSA) is 57.8 Å². The van der Waals surface area contributed by atoms with Gasteiger partial charge in [0.15, 0.2) is 6.54 Å². The van der Waals surface area contributed by atoms with E-state index in [1.54, 1.807) is 28.0 Å². The first-order valence-corrected chi connectivity index (χ1v) is 6.92. The molecule has 1 aromatic carbocycles. The third-order valence-corrected chi connectivity index (χ3v) is 3.60. The number of nitrogens with zero attached hydrogens (tertiary/aromatic N) is 2. The lowest BCUT2D eigenvalue weighted by Crippen LogP contribution is -3.09. The first-order valence-electron chi connectivity index (χ1n) is 6.92. The van der Waals surface area contributed by atoms with Crippen LogP contribution in [-0.4, -0.2) is 44.1 Å². The summed E-state index contributed by atoms with van der Waals surface area (Å²) in [6.07, 6.45) is 0. The predicted octanol–water partition coefficient (Wildman–Crippen LogP) is 0.470. The van der Waals surface area contributed by atoms with E-state index < -0.39 is 5.54 Å². The van der Waals surface area contributed by atoms with Crippen LogP contribution in [0.1, 0.15) is 19.4 Å². The van der Waals surface area contributed by atoms with Crippen LogP contribution in [0.2, 0.25) is 0 Å². The summed E-state index contributed by atoms with van der Waals surface area (Å²) in [7, 11) is 5.28. The van der Waals surface area contributed by atoms with E-state index in [1.807, 2.05) is 31.3 Å². The van der Waals surface area contributed by atoms with Crippen LogP contribution in [-0.2, 0) is 11.3 Å². The highest BCUT2D eigenvalue weighted by molar-refractivity contribution is 5.78. The Balaban J connectivity index is 2.58. The summed E-state index contributed by atoms with van der Waals surface area (Å²) in [5.41, 5.74) is 0.362. The Hall–Kier alpha value is -2.06. The Bertz CT molecular complexity index is 517. The number of carbonyl (C=O) groups excluding carboxylic acids is 1. The number of carbonyl (C=O) groups is 1. The van der Waals surface area contributed by atoms with Crippen LogP contribution in [0.4, 0.5) is 0 Å². The lowest BCUT2D eigenvalue weighted by molar-refractivity contribution is -0.885. The Morgan fingerprint density at radius 2 is 1.95 bits per heavy atom. The van der Waals surface area contributed by atoms with Gasteiger partial charge in [0.2, 0.25) is 0 Å². The minimum atomic E-state index is -0.780. The summed E-state index contributed by atoms with van der Waals surface area (Å²) < 4.78 is 5.12. The molecule has 0 heterocycles. The number of rotatable bonds is 6. The van der Waals surface area contributed by atoms with Gasteiger partial charge in [-0.1, -0.05) is 0 Å². The van der Waals surface area contributed by atoms with Crippen molar-refractivity contribution in [3.8, 4) is 11.8 Å². The van der Waals surface area contributed by atoms with E-state index in [0.29, 0.717) is 6.54 Å². The molecule has 21 heavy (non-hydrogen) atoms. The van der Waals surface area contributed by atoms with E-state index in [9.17, 15) is 4.79 Å². The van der Waals surface area contributed by atoms with Crippen LogP contribution in [0.25, 0.3) is 0 Å². The third kappa shape index (κ3) is 4.76. The Morgan fingerprint density at radius 3 is 2.43 bits per heavy atom. The van der Waals surface area contributed by atoms with Gasteiger partial charge >= 0.3 is 0 Å². The zero-order valence-electron chi connectivity index (χ0n) is 13.4. The maximum atomic E-state index is 12.2. The molecule has 0 aliphatic rings. The van der Waals surface area contributed by atoms with Gasteiger partial charge in [0, 0.05) is 12.6 Å². The van der Waals surface area contributed by atoms with Crippen molar-refractivity contribution in [2.24, 2.45) is 0 Å². The summed E-state index contributed by atoms with van der Waals surface area (Å²) in [6, 6.07) is 9.96. The minimum absolute atomic E-state index is 0.0347. The second kappa shape index (κ2) is 7.09. The van der Waals surface area contributed by atoms with Crippen molar-refractivity contribution in [3.63, 3.8) is 0 Å². The lowest BCUT2D eigenvalue weighted by Gasteiger charge is -2.29. The number of hydrogen-bond donors (Lipinski definition) is 1. The van der Waals surface area contributed by atoms with Crippen molar-refractivity contribution in [2.45, 2.75) is 25.9 Å². The standard InChI is InChI=1S/C16H23N3O2/c1-16(2,12-17)19(4)15(20)11-18(3)10-13-6-8-14(21-5)9-7-13/h6-9H,10-11H2,1-5H3/p+1. The highest BCUT2D eigenvalue weighted by Crippen LogP contribution is 2.11. The highest BCUT2D eigenvalue weighted by Gasteiger charge is 2.28. The molecule has 0 saturated carbocycles. The van der Waals surface area contributed by atoms with E-state index in [-0.39, 0.29) is 5.91 Å². The predicted molar refractivity (Wildman–Crippen MR) is 80.9 cm³/mol. The molecule has 1 N–H and O–H groups in total. The van der Waals surface area contributed by atoms with Crippen LogP contribution in [0.5, 0.6) is 5.75 Å². The molecule has 1 aromatic rings. The van der Waals surface area contributed by atoms with Crippen molar-refractivity contribution >= 4 is 5.91 Å². The summed E-state index contributed by atoms with van der Waals surface area (Å²) in [5.74, 6) is 0.788. The molecule has 0 spiro atoms. The van der Waals surface area contributed by atoms with Gasteiger partial charge in [-0.3, -0.25) is 4.79 Å². The van der Waals surface area contributed by atoms with Crippen molar-refractivity contribution in [1.82, 2.24) is 4.90 Å². The average Bonchev–Trinajstić information content (AvgIpc) is 2.46. The summed E-state index contributed by atoms with van der Waals surface area (Å²) >= 11 is 0. The number of amides is 1. The van der Waals surface area contributed by atoms with E-state index in [1.165, 1.54) is 4.90 Å². The van der Waals surface area contributed by atoms with E-state index in [0.717, 1.165) is 22.8 Å². The first kappa shape index (κ1) is 17.0. The van der Waals surface area contributed by atoms with Gasteiger partial charge in [0.25, 0.3) is 5.91 Å². The molecule has 0 bridgehead atoms. The monoisotopic (exact) mass is 290 g/mol. The van der Waals surface area contributed by atoms with Crippen LogP contribution in [0.15, 0.2) is 24.3 Å². The molecule has 0 fully saturated rings. The number of ether oxygens (including phenoxy) is 1. The maximum Gasteiger partial charge on any atom is 0.278 e. The van der Waals surface area contributed by atoms with Gasteiger partial charge in [-0.25, -0.2) is 0 Å². The van der Waals surface area contributed by atoms with Crippen LogP contribution in [0, 0.1) is 11.3 Å². The maximum absolute atomic E-state index is 12.2. The van der Waals surface area contributed by atoms with Gasteiger partial charge < -0.3 is 14.5 Å². The number of nitrogens with one attached hydrogen (secondary N) is 1. The zero-order valence-corrected chi connectivity index (χ0v) is 13.4. The summed E-state index contributed by atoms with van der Waals surface area (Å²) in [5, 5.41) is 9.07. The molecular formula is C16H24N3O2+. The van der Waals surface area contributed by atoms with Crippen molar-refractivity contribution < 1.29 is 14.4 Å². The van der Waals surface area contributed by atoms with Gasteiger partial charge in [0.1, 0.15) is 17.8 Å². The highest BCUT2D eigenvalue weighted by atomic mass is 16.5. The lowest BCUT2D eigenvalue weighted by atomic mass is 10.1. The van der Waals surface area contributed by atoms with Crippen molar-refractivity contribution in [2.75, 3.05) is 27.7 Å². The molecule has 5 heteroatoms. The number of quaternary nitrogens is 1. The number of likely N-dealkylation sites (N-methyl/N-ethyl adjacent to an activating group) is 2. The van der Waals surface area contributed by atoms with E-state index in [4.69, 9.17) is 10.00 Å². The second-order valence-corrected chi connectivity index (χ2v) is 5.78. The molecule has 1 atom stereocenters. The molecule has 5 nitrogen and oxygen atoms in total. The first-order chi connectivity index (χ1) is 9.80. The van der Waals surface area contributed by atoms with Gasteiger partial charge in [-0.2, -0.15) is 5.26 Å². The summed E-state index contributed by atoms with van der Waals surface area (Å²) in [6.45, 7) is 4.58. The fourth-order valence-electron chi connectivity index (χ4n) is 1.92. The third-order valence-electron chi connectivity index (χ3n) is 3.60. The largest absolute Gasteiger partial charge is 0.497 e.